The van der Waals surface area contributed by atoms with Gasteiger partial charge in [-0.2, -0.15) is 0 Å². The lowest BCUT2D eigenvalue weighted by molar-refractivity contribution is 0.0573. The molecule has 1 atom stereocenters. The van der Waals surface area contributed by atoms with E-state index >= 15 is 0 Å². The van der Waals surface area contributed by atoms with Crippen LogP contribution in [0.3, 0.4) is 0 Å². The summed E-state index contributed by atoms with van der Waals surface area (Å²) < 4.78 is 10.5. The highest BCUT2D eigenvalue weighted by atomic mass is 16.5. The van der Waals surface area contributed by atoms with Crippen molar-refractivity contribution in [3.63, 3.8) is 0 Å². The van der Waals surface area contributed by atoms with Gasteiger partial charge in [-0.25, -0.2) is 0 Å². The Morgan fingerprint density at radius 1 is 1.06 bits per heavy atom. The molecular weight excluding hydrogens is 202 g/mol. The summed E-state index contributed by atoms with van der Waals surface area (Å²) >= 11 is 0. The largest absolute Gasteiger partial charge is 0.382 e. The van der Waals surface area contributed by atoms with E-state index in [1.54, 1.807) is 7.11 Å². The predicted molar refractivity (Wildman–Crippen MR) is 68.9 cm³/mol. The van der Waals surface area contributed by atoms with E-state index in [0.717, 1.165) is 13.2 Å². The van der Waals surface area contributed by atoms with Gasteiger partial charge in [-0.1, -0.05) is 39.5 Å². The first kappa shape index (κ1) is 15.9. The van der Waals surface area contributed by atoms with Crippen LogP contribution in [-0.4, -0.2) is 39.5 Å². The van der Waals surface area contributed by atoms with E-state index in [1.807, 2.05) is 0 Å². The highest BCUT2D eigenvalue weighted by Gasteiger charge is 2.06. The number of likely N-dealkylation sites (N-methyl/N-ethyl adjacent to an activating group) is 1. The third-order valence-corrected chi connectivity index (χ3v) is 2.65. The van der Waals surface area contributed by atoms with E-state index in [2.05, 4.69) is 19.2 Å². The Balaban J connectivity index is 3.45. The molecule has 0 saturated carbocycles. The number of methoxy groups -OCH3 is 1. The molecule has 1 unspecified atom stereocenters. The molecular formula is C13H29NO2. The molecule has 16 heavy (non-hydrogen) atoms. The molecule has 0 aliphatic rings. The molecule has 3 nitrogen and oxygen atoms in total. The van der Waals surface area contributed by atoms with Gasteiger partial charge < -0.3 is 14.8 Å². The van der Waals surface area contributed by atoms with Gasteiger partial charge in [0.25, 0.3) is 0 Å². The maximum absolute atomic E-state index is 5.56. The van der Waals surface area contributed by atoms with Crippen LogP contribution in [-0.2, 0) is 9.47 Å². The molecule has 0 aromatic rings. The molecule has 0 saturated heterocycles. The minimum Gasteiger partial charge on any atom is -0.382 e. The fraction of sp³-hybridized carbons (Fsp3) is 1.00. The van der Waals surface area contributed by atoms with E-state index in [9.17, 15) is 0 Å². The molecule has 0 fully saturated rings. The average molecular weight is 231 g/mol. The number of nitrogens with one attached hydrogen (secondary N) is 1. The second kappa shape index (κ2) is 12.9. The van der Waals surface area contributed by atoms with Crippen LogP contribution < -0.4 is 5.32 Å². The van der Waals surface area contributed by atoms with Crippen LogP contribution >= 0.6 is 0 Å². The lowest BCUT2D eigenvalue weighted by Crippen LogP contribution is -2.33. The number of hydrogen-bond acceptors (Lipinski definition) is 3. The highest BCUT2D eigenvalue weighted by molar-refractivity contribution is 4.65. The third kappa shape index (κ3) is 10.4. The minimum atomic E-state index is 0.513. The molecule has 0 aliphatic heterocycles. The zero-order valence-corrected chi connectivity index (χ0v) is 11.3. The number of rotatable bonds is 12. The first-order chi connectivity index (χ1) is 7.85. The van der Waals surface area contributed by atoms with Crippen molar-refractivity contribution in [3.8, 4) is 0 Å². The predicted octanol–water partition coefficient (Wildman–Crippen LogP) is 2.60. The first-order valence-corrected chi connectivity index (χ1v) is 6.65. The van der Waals surface area contributed by atoms with Gasteiger partial charge in [-0.05, 0) is 13.0 Å². The van der Waals surface area contributed by atoms with Crippen LogP contribution in [0.15, 0.2) is 0 Å². The summed E-state index contributed by atoms with van der Waals surface area (Å²) in [6.45, 7) is 7.61. The quantitative estimate of drug-likeness (QED) is 0.524. The standard InChI is InChI=1S/C13H29NO2/c1-4-6-7-8-9-13(14-5-2)12-16-11-10-15-3/h13-14H,4-12H2,1-3H3. The van der Waals surface area contributed by atoms with Crippen molar-refractivity contribution in [2.45, 2.75) is 52.0 Å². The van der Waals surface area contributed by atoms with Gasteiger partial charge in [0.1, 0.15) is 0 Å². The van der Waals surface area contributed by atoms with Crippen LogP contribution in [0.4, 0.5) is 0 Å². The van der Waals surface area contributed by atoms with Crippen molar-refractivity contribution < 1.29 is 9.47 Å². The summed E-state index contributed by atoms with van der Waals surface area (Å²) in [6.07, 6.45) is 6.52. The van der Waals surface area contributed by atoms with Crippen molar-refractivity contribution >= 4 is 0 Å². The number of unbranched alkanes of at least 4 members (excludes halogenated alkanes) is 3. The Morgan fingerprint density at radius 3 is 2.50 bits per heavy atom. The molecule has 0 aromatic heterocycles. The van der Waals surface area contributed by atoms with Gasteiger partial charge in [0.2, 0.25) is 0 Å². The molecule has 3 heteroatoms. The lowest BCUT2D eigenvalue weighted by atomic mass is 10.1. The van der Waals surface area contributed by atoms with Crippen molar-refractivity contribution in [1.29, 1.82) is 0 Å². The van der Waals surface area contributed by atoms with Gasteiger partial charge in [-0.15, -0.1) is 0 Å². The molecule has 0 aromatic carbocycles. The van der Waals surface area contributed by atoms with Gasteiger partial charge >= 0.3 is 0 Å². The van der Waals surface area contributed by atoms with Crippen LogP contribution in [0.25, 0.3) is 0 Å². The minimum absolute atomic E-state index is 0.513. The third-order valence-electron chi connectivity index (χ3n) is 2.65. The Morgan fingerprint density at radius 2 is 1.88 bits per heavy atom. The zero-order chi connectivity index (χ0) is 12.1. The fourth-order valence-corrected chi connectivity index (χ4v) is 1.72. The molecule has 98 valence electrons. The molecule has 0 heterocycles. The van der Waals surface area contributed by atoms with Crippen LogP contribution in [0.2, 0.25) is 0 Å². The van der Waals surface area contributed by atoms with Crippen LogP contribution in [0, 0.1) is 0 Å². The summed E-state index contributed by atoms with van der Waals surface area (Å²) in [5.41, 5.74) is 0. The maximum atomic E-state index is 5.56. The Hall–Kier alpha value is -0.120. The van der Waals surface area contributed by atoms with Crippen LogP contribution in [0.1, 0.15) is 46.0 Å². The average Bonchev–Trinajstić information content (AvgIpc) is 2.30. The van der Waals surface area contributed by atoms with E-state index in [-0.39, 0.29) is 0 Å². The monoisotopic (exact) mass is 231 g/mol. The SMILES string of the molecule is CCCCCCC(COCCOC)NCC. The highest BCUT2D eigenvalue weighted by Crippen LogP contribution is 2.06. The smallest absolute Gasteiger partial charge is 0.0701 e. The van der Waals surface area contributed by atoms with E-state index in [0.29, 0.717) is 19.3 Å². The summed E-state index contributed by atoms with van der Waals surface area (Å²) in [7, 11) is 1.70. The van der Waals surface area contributed by atoms with Gasteiger partial charge in [-0.3, -0.25) is 0 Å². The Labute approximate surface area is 101 Å². The van der Waals surface area contributed by atoms with E-state index < -0.39 is 0 Å². The molecule has 0 spiro atoms. The van der Waals surface area contributed by atoms with Gasteiger partial charge in [0.05, 0.1) is 19.8 Å². The second-order valence-corrected chi connectivity index (χ2v) is 4.17. The van der Waals surface area contributed by atoms with Crippen molar-refractivity contribution in [1.82, 2.24) is 5.32 Å². The summed E-state index contributed by atoms with van der Waals surface area (Å²) in [6, 6.07) is 0.513. The summed E-state index contributed by atoms with van der Waals surface area (Å²) in [4.78, 5) is 0. The maximum Gasteiger partial charge on any atom is 0.0701 e. The lowest BCUT2D eigenvalue weighted by Gasteiger charge is -2.17. The first-order valence-electron chi connectivity index (χ1n) is 6.65. The van der Waals surface area contributed by atoms with Gasteiger partial charge in [0.15, 0.2) is 0 Å². The van der Waals surface area contributed by atoms with Crippen molar-refractivity contribution in [2.75, 3.05) is 33.5 Å². The zero-order valence-electron chi connectivity index (χ0n) is 11.3. The molecule has 0 aliphatic carbocycles. The Kier molecular flexibility index (Phi) is 12.9. The fourth-order valence-electron chi connectivity index (χ4n) is 1.72. The number of hydrogen-bond donors (Lipinski definition) is 1. The van der Waals surface area contributed by atoms with E-state index in [1.165, 1.54) is 32.1 Å². The molecule has 0 amide bonds. The molecule has 0 rings (SSSR count). The molecule has 0 bridgehead atoms. The van der Waals surface area contributed by atoms with Crippen molar-refractivity contribution in [2.24, 2.45) is 0 Å². The number of ether oxygens (including phenoxy) is 2. The summed E-state index contributed by atoms with van der Waals surface area (Å²) in [5, 5.41) is 3.47. The summed E-state index contributed by atoms with van der Waals surface area (Å²) in [5.74, 6) is 0. The Bertz CT molecular complexity index is 119. The van der Waals surface area contributed by atoms with Crippen LogP contribution in [0.5, 0.6) is 0 Å². The normalized spacial score (nSPS) is 12.9. The van der Waals surface area contributed by atoms with Gasteiger partial charge in [0, 0.05) is 13.2 Å². The molecule has 0 radical (unpaired) electrons. The van der Waals surface area contributed by atoms with Crippen molar-refractivity contribution in [3.05, 3.63) is 0 Å². The van der Waals surface area contributed by atoms with E-state index in [4.69, 9.17) is 9.47 Å². The topological polar surface area (TPSA) is 30.5 Å². The molecule has 1 N–H and O–H groups in total. The second-order valence-electron chi connectivity index (χ2n) is 4.17.